The van der Waals surface area contributed by atoms with Gasteiger partial charge in [-0.2, -0.15) is 0 Å². The fraction of sp³-hybridized carbons (Fsp3) is 0.333. The van der Waals surface area contributed by atoms with E-state index in [-0.39, 0.29) is 11.8 Å². The van der Waals surface area contributed by atoms with Gasteiger partial charge < -0.3 is 4.90 Å². The van der Waals surface area contributed by atoms with E-state index in [2.05, 4.69) is 30.9 Å². The standard InChI is InChI=1S/C15H15BrN4O/c1-9(2)14-18-6-12(16)13(19-14)15(21)20-7-10-3-4-17-5-11(10)8-20/h3-6,9H,7-8H2,1-2H3. The van der Waals surface area contributed by atoms with Gasteiger partial charge >= 0.3 is 0 Å². The number of carbonyl (C=O) groups excluding carboxylic acids is 1. The second-order valence-corrected chi connectivity index (χ2v) is 6.24. The zero-order chi connectivity index (χ0) is 15.0. The van der Waals surface area contributed by atoms with E-state index in [0.717, 1.165) is 11.1 Å². The minimum absolute atomic E-state index is 0.0811. The number of rotatable bonds is 2. The number of pyridine rings is 1. The van der Waals surface area contributed by atoms with E-state index in [9.17, 15) is 4.79 Å². The number of hydrogen-bond donors (Lipinski definition) is 0. The monoisotopic (exact) mass is 346 g/mol. The lowest BCUT2D eigenvalue weighted by Crippen LogP contribution is -2.27. The number of nitrogens with zero attached hydrogens (tertiary/aromatic N) is 4. The van der Waals surface area contributed by atoms with E-state index in [1.54, 1.807) is 17.3 Å². The maximum Gasteiger partial charge on any atom is 0.274 e. The van der Waals surface area contributed by atoms with Crippen LogP contribution in [0.1, 0.15) is 47.2 Å². The highest BCUT2D eigenvalue weighted by atomic mass is 79.9. The van der Waals surface area contributed by atoms with Crippen LogP contribution in [0.4, 0.5) is 0 Å². The highest BCUT2D eigenvalue weighted by Gasteiger charge is 2.27. The van der Waals surface area contributed by atoms with Crippen LogP contribution in [0.15, 0.2) is 29.1 Å². The Balaban J connectivity index is 1.89. The van der Waals surface area contributed by atoms with Gasteiger partial charge in [0.05, 0.1) is 4.47 Å². The van der Waals surface area contributed by atoms with E-state index in [0.29, 0.717) is 29.1 Å². The molecule has 5 nitrogen and oxygen atoms in total. The lowest BCUT2D eigenvalue weighted by Gasteiger charge is -2.16. The lowest BCUT2D eigenvalue weighted by molar-refractivity contribution is 0.0743. The SMILES string of the molecule is CC(C)c1ncc(Br)c(C(=O)N2Cc3ccncc3C2)n1. The first-order valence-corrected chi connectivity index (χ1v) is 7.59. The number of halogens is 1. The maximum atomic E-state index is 12.7. The molecule has 0 unspecified atom stereocenters. The van der Waals surface area contributed by atoms with Crippen molar-refractivity contribution < 1.29 is 4.79 Å². The molecular weight excluding hydrogens is 332 g/mol. The van der Waals surface area contributed by atoms with E-state index in [1.165, 1.54) is 0 Å². The summed E-state index contributed by atoms with van der Waals surface area (Å²) >= 11 is 3.38. The molecule has 3 rings (SSSR count). The molecule has 0 saturated carbocycles. The van der Waals surface area contributed by atoms with Crippen LogP contribution in [0, 0.1) is 0 Å². The quantitative estimate of drug-likeness (QED) is 0.838. The molecule has 21 heavy (non-hydrogen) atoms. The Hall–Kier alpha value is -1.82. The summed E-state index contributed by atoms with van der Waals surface area (Å²) in [6.45, 7) is 5.20. The van der Waals surface area contributed by atoms with Gasteiger partial charge in [0.25, 0.3) is 5.91 Å². The van der Waals surface area contributed by atoms with Crippen LogP contribution in [0.2, 0.25) is 0 Å². The van der Waals surface area contributed by atoms with Crippen LogP contribution < -0.4 is 0 Å². The summed E-state index contributed by atoms with van der Waals surface area (Å²) in [6.07, 6.45) is 5.22. The van der Waals surface area contributed by atoms with Gasteiger partial charge in [-0.3, -0.25) is 9.78 Å². The van der Waals surface area contributed by atoms with Crippen LogP contribution >= 0.6 is 15.9 Å². The molecule has 0 radical (unpaired) electrons. The van der Waals surface area contributed by atoms with Gasteiger partial charge in [0.1, 0.15) is 11.5 Å². The summed E-state index contributed by atoms with van der Waals surface area (Å²) in [5.74, 6) is 0.784. The molecule has 2 aromatic heterocycles. The van der Waals surface area contributed by atoms with Gasteiger partial charge in [0.2, 0.25) is 0 Å². The molecule has 0 bridgehead atoms. The van der Waals surface area contributed by atoms with Crippen LogP contribution in [0.5, 0.6) is 0 Å². The van der Waals surface area contributed by atoms with Gasteiger partial charge in [-0.05, 0) is 33.1 Å². The van der Waals surface area contributed by atoms with Gasteiger partial charge in [0, 0.05) is 37.6 Å². The Morgan fingerprint density at radius 2 is 2.05 bits per heavy atom. The molecule has 0 saturated heterocycles. The third kappa shape index (κ3) is 2.68. The highest BCUT2D eigenvalue weighted by molar-refractivity contribution is 9.10. The lowest BCUT2D eigenvalue weighted by atomic mass is 10.2. The van der Waals surface area contributed by atoms with Crippen LogP contribution in [-0.2, 0) is 13.1 Å². The van der Waals surface area contributed by atoms with Crippen molar-refractivity contribution in [2.45, 2.75) is 32.9 Å². The fourth-order valence-corrected chi connectivity index (χ4v) is 2.68. The average molecular weight is 347 g/mol. The van der Waals surface area contributed by atoms with Crippen LogP contribution in [0.25, 0.3) is 0 Å². The molecule has 1 aliphatic heterocycles. The Bertz CT molecular complexity index is 677. The van der Waals surface area contributed by atoms with Gasteiger partial charge in [-0.25, -0.2) is 9.97 Å². The third-order valence-electron chi connectivity index (χ3n) is 3.50. The highest BCUT2D eigenvalue weighted by Crippen LogP contribution is 2.25. The summed E-state index contributed by atoms with van der Waals surface area (Å²) in [5, 5.41) is 0. The molecule has 1 aliphatic rings. The first kappa shape index (κ1) is 14.1. The first-order valence-electron chi connectivity index (χ1n) is 6.79. The Labute approximate surface area is 131 Å². The molecule has 0 atom stereocenters. The van der Waals surface area contributed by atoms with E-state index >= 15 is 0 Å². The summed E-state index contributed by atoms with van der Waals surface area (Å²) < 4.78 is 0.631. The molecule has 0 N–H and O–H groups in total. The van der Waals surface area contributed by atoms with Crippen molar-refractivity contribution in [2.75, 3.05) is 0 Å². The molecule has 3 heterocycles. The molecule has 1 amide bonds. The molecular formula is C15H15BrN4O. The Morgan fingerprint density at radius 3 is 2.76 bits per heavy atom. The Morgan fingerprint density at radius 1 is 1.29 bits per heavy atom. The molecule has 0 fully saturated rings. The zero-order valence-corrected chi connectivity index (χ0v) is 13.5. The smallest absolute Gasteiger partial charge is 0.274 e. The van der Waals surface area contributed by atoms with Crippen molar-refractivity contribution >= 4 is 21.8 Å². The number of hydrogen-bond acceptors (Lipinski definition) is 4. The predicted octanol–water partition coefficient (Wildman–Crippen LogP) is 2.91. The summed E-state index contributed by atoms with van der Waals surface area (Å²) in [5.41, 5.74) is 2.67. The second kappa shape index (κ2) is 5.52. The predicted molar refractivity (Wildman–Crippen MR) is 81.6 cm³/mol. The second-order valence-electron chi connectivity index (χ2n) is 5.39. The van der Waals surface area contributed by atoms with Gasteiger partial charge in [-0.15, -0.1) is 0 Å². The molecule has 0 aliphatic carbocycles. The van der Waals surface area contributed by atoms with E-state index in [1.807, 2.05) is 26.1 Å². The minimum atomic E-state index is -0.0811. The van der Waals surface area contributed by atoms with Gasteiger partial charge in [0.15, 0.2) is 0 Å². The van der Waals surface area contributed by atoms with Crippen molar-refractivity contribution in [3.8, 4) is 0 Å². The zero-order valence-electron chi connectivity index (χ0n) is 11.9. The fourth-order valence-electron chi connectivity index (χ4n) is 2.32. The molecule has 6 heteroatoms. The van der Waals surface area contributed by atoms with Crippen molar-refractivity contribution in [3.63, 3.8) is 0 Å². The van der Waals surface area contributed by atoms with E-state index in [4.69, 9.17) is 0 Å². The van der Waals surface area contributed by atoms with Crippen molar-refractivity contribution in [2.24, 2.45) is 0 Å². The van der Waals surface area contributed by atoms with Crippen molar-refractivity contribution in [1.82, 2.24) is 19.9 Å². The summed E-state index contributed by atoms with van der Waals surface area (Å²) in [6, 6.07) is 1.96. The maximum absolute atomic E-state index is 12.7. The van der Waals surface area contributed by atoms with Crippen LogP contribution in [0.3, 0.4) is 0 Å². The van der Waals surface area contributed by atoms with Crippen LogP contribution in [-0.4, -0.2) is 25.8 Å². The summed E-state index contributed by atoms with van der Waals surface area (Å²) in [7, 11) is 0. The largest absolute Gasteiger partial charge is 0.329 e. The Kier molecular flexibility index (Phi) is 3.71. The first-order chi connectivity index (χ1) is 10.1. The minimum Gasteiger partial charge on any atom is -0.329 e. The number of carbonyl (C=O) groups is 1. The van der Waals surface area contributed by atoms with Crippen molar-refractivity contribution in [1.29, 1.82) is 0 Å². The van der Waals surface area contributed by atoms with E-state index < -0.39 is 0 Å². The molecule has 0 spiro atoms. The molecule has 0 aromatic carbocycles. The molecule has 108 valence electrons. The number of amides is 1. The average Bonchev–Trinajstić information content (AvgIpc) is 2.90. The van der Waals surface area contributed by atoms with Crippen molar-refractivity contribution in [3.05, 3.63) is 51.8 Å². The third-order valence-corrected chi connectivity index (χ3v) is 4.08. The normalized spacial score (nSPS) is 13.6. The summed E-state index contributed by atoms with van der Waals surface area (Å²) in [4.78, 5) is 27.2. The van der Waals surface area contributed by atoms with Gasteiger partial charge in [-0.1, -0.05) is 13.8 Å². The number of fused-ring (bicyclic) bond motifs is 1. The molecule has 2 aromatic rings. The topological polar surface area (TPSA) is 59.0 Å². The number of aromatic nitrogens is 3.